The third-order valence-corrected chi connectivity index (χ3v) is 4.53. The van der Waals surface area contributed by atoms with Gasteiger partial charge in [0.2, 0.25) is 0 Å². The van der Waals surface area contributed by atoms with Crippen LogP contribution in [-0.4, -0.2) is 42.1 Å². The van der Waals surface area contributed by atoms with Crippen molar-refractivity contribution in [2.24, 2.45) is 0 Å². The molecule has 0 atom stereocenters. The monoisotopic (exact) mass is 375 g/mol. The molecular formula is C20H33N5O2. The van der Waals surface area contributed by atoms with Crippen molar-refractivity contribution in [3.8, 4) is 0 Å². The van der Waals surface area contributed by atoms with Gasteiger partial charge in [0, 0.05) is 22.2 Å². The summed E-state index contributed by atoms with van der Waals surface area (Å²) in [5, 5.41) is 18.7. The molecular weight excluding hydrogens is 342 g/mol. The van der Waals surface area contributed by atoms with Crippen molar-refractivity contribution in [3.05, 3.63) is 34.9 Å². The number of hydrogen-bond acceptors (Lipinski definition) is 4. The van der Waals surface area contributed by atoms with Gasteiger partial charge in [-0.2, -0.15) is 10.2 Å². The van der Waals surface area contributed by atoms with E-state index in [1.54, 1.807) is 0 Å². The smallest absolute Gasteiger partial charge is 0.317 e. The van der Waals surface area contributed by atoms with Gasteiger partial charge in [0.25, 0.3) is 0 Å². The molecule has 0 bridgehead atoms. The number of aryl methyl sites for hydroxylation is 2. The summed E-state index contributed by atoms with van der Waals surface area (Å²) in [6.45, 7) is 17.4. The third-order valence-electron chi connectivity index (χ3n) is 4.53. The Morgan fingerprint density at radius 2 is 1.30 bits per heavy atom. The minimum atomic E-state index is -0.864. The molecule has 7 nitrogen and oxygen atoms in total. The first-order chi connectivity index (χ1) is 12.3. The Morgan fingerprint density at radius 3 is 1.56 bits per heavy atom. The fourth-order valence-corrected chi connectivity index (χ4v) is 2.75. The normalized spacial score (nSPS) is 12.8. The van der Waals surface area contributed by atoms with Crippen LogP contribution in [-0.2, 0) is 29.0 Å². The highest BCUT2D eigenvalue weighted by molar-refractivity contribution is 5.68. The topological polar surface area (TPSA) is 76.2 Å². The summed E-state index contributed by atoms with van der Waals surface area (Å²) < 4.78 is 3.74. The number of nitrogens with zero attached hydrogens (tertiary/aromatic N) is 5. The van der Waals surface area contributed by atoms with Gasteiger partial charge in [-0.05, 0) is 26.0 Å². The van der Waals surface area contributed by atoms with Gasteiger partial charge in [-0.15, -0.1) is 0 Å². The Kier molecular flexibility index (Phi) is 5.85. The number of carbonyl (C=O) groups is 1. The SMILES string of the molecule is Cc1cc(C(C)(C)C)nn1CN(CC(=O)O)Cn1nc(C(C)(C)C)cc1C. The Morgan fingerprint density at radius 1 is 0.926 bits per heavy atom. The minimum Gasteiger partial charge on any atom is -0.480 e. The third kappa shape index (κ3) is 5.42. The van der Waals surface area contributed by atoms with Gasteiger partial charge >= 0.3 is 5.97 Å². The van der Waals surface area contributed by atoms with Crippen molar-refractivity contribution in [2.75, 3.05) is 6.54 Å². The molecule has 2 aromatic heterocycles. The van der Waals surface area contributed by atoms with E-state index in [1.807, 2.05) is 28.1 Å². The molecule has 0 amide bonds. The molecule has 27 heavy (non-hydrogen) atoms. The van der Waals surface area contributed by atoms with Crippen LogP contribution in [0, 0.1) is 13.8 Å². The average molecular weight is 376 g/mol. The zero-order chi connectivity index (χ0) is 20.6. The van der Waals surface area contributed by atoms with E-state index in [0.717, 1.165) is 22.8 Å². The van der Waals surface area contributed by atoms with Crippen LogP contribution in [0.2, 0.25) is 0 Å². The molecule has 0 saturated heterocycles. The molecule has 1 N–H and O–H groups in total. The highest BCUT2D eigenvalue weighted by Gasteiger charge is 2.22. The van der Waals surface area contributed by atoms with Crippen LogP contribution in [0.3, 0.4) is 0 Å². The van der Waals surface area contributed by atoms with Crippen LogP contribution in [0.25, 0.3) is 0 Å². The molecule has 0 fully saturated rings. The molecule has 0 aliphatic rings. The van der Waals surface area contributed by atoms with Gasteiger partial charge in [0.15, 0.2) is 0 Å². The van der Waals surface area contributed by atoms with E-state index in [2.05, 4.69) is 63.9 Å². The molecule has 0 spiro atoms. The van der Waals surface area contributed by atoms with Crippen molar-refractivity contribution in [1.29, 1.82) is 0 Å². The zero-order valence-corrected chi connectivity index (χ0v) is 17.9. The number of aliphatic carboxylic acids is 1. The van der Waals surface area contributed by atoms with Gasteiger partial charge in [-0.25, -0.2) is 0 Å². The average Bonchev–Trinajstić information content (AvgIpc) is 3.02. The van der Waals surface area contributed by atoms with Crippen molar-refractivity contribution >= 4 is 5.97 Å². The van der Waals surface area contributed by atoms with E-state index in [9.17, 15) is 9.90 Å². The van der Waals surface area contributed by atoms with E-state index in [0.29, 0.717) is 13.3 Å². The summed E-state index contributed by atoms with van der Waals surface area (Å²) in [4.78, 5) is 13.2. The van der Waals surface area contributed by atoms with Gasteiger partial charge in [0.1, 0.15) is 0 Å². The Bertz CT molecular complexity index is 745. The number of carboxylic acids is 1. The second-order valence-corrected chi connectivity index (χ2v) is 9.35. The van der Waals surface area contributed by atoms with Crippen LogP contribution in [0.15, 0.2) is 12.1 Å². The van der Waals surface area contributed by atoms with Crippen LogP contribution >= 0.6 is 0 Å². The van der Waals surface area contributed by atoms with Crippen LogP contribution < -0.4 is 0 Å². The second-order valence-electron chi connectivity index (χ2n) is 9.35. The molecule has 2 heterocycles. The fraction of sp³-hybridized carbons (Fsp3) is 0.650. The van der Waals surface area contributed by atoms with Crippen molar-refractivity contribution in [3.63, 3.8) is 0 Å². The van der Waals surface area contributed by atoms with Gasteiger partial charge in [-0.3, -0.25) is 19.1 Å². The lowest BCUT2D eigenvalue weighted by atomic mass is 9.92. The molecule has 0 saturated carbocycles. The highest BCUT2D eigenvalue weighted by atomic mass is 16.4. The zero-order valence-electron chi connectivity index (χ0n) is 17.9. The lowest BCUT2D eigenvalue weighted by Gasteiger charge is -2.22. The molecule has 0 aliphatic carbocycles. The molecule has 0 aliphatic heterocycles. The maximum absolute atomic E-state index is 11.4. The quantitative estimate of drug-likeness (QED) is 0.838. The molecule has 0 unspecified atom stereocenters. The summed E-state index contributed by atoms with van der Waals surface area (Å²) in [5.41, 5.74) is 3.94. The number of aromatic nitrogens is 4. The van der Waals surface area contributed by atoms with Crippen LogP contribution in [0.4, 0.5) is 0 Å². The van der Waals surface area contributed by atoms with Crippen LogP contribution in [0.5, 0.6) is 0 Å². The van der Waals surface area contributed by atoms with Crippen molar-refractivity contribution in [2.45, 2.75) is 79.6 Å². The van der Waals surface area contributed by atoms with Crippen LogP contribution in [0.1, 0.15) is 64.3 Å². The summed E-state index contributed by atoms with van der Waals surface area (Å²) in [6.07, 6.45) is 0. The molecule has 2 aromatic rings. The first kappa shape index (κ1) is 21.2. The summed E-state index contributed by atoms with van der Waals surface area (Å²) in [5.74, 6) is -0.864. The van der Waals surface area contributed by atoms with Crippen molar-refractivity contribution in [1.82, 2.24) is 24.5 Å². The fourth-order valence-electron chi connectivity index (χ4n) is 2.75. The summed E-state index contributed by atoms with van der Waals surface area (Å²) in [7, 11) is 0. The minimum absolute atomic E-state index is 0.0478. The van der Waals surface area contributed by atoms with E-state index < -0.39 is 5.97 Å². The predicted octanol–water partition coefficient (Wildman–Crippen LogP) is 3.29. The van der Waals surface area contributed by atoms with Gasteiger partial charge < -0.3 is 5.11 Å². The maximum Gasteiger partial charge on any atom is 0.317 e. The standard InChI is InChI=1S/C20H33N5O2/c1-14-9-16(19(3,4)5)21-24(14)12-23(11-18(26)27)13-25-15(2)10-17(22-25)20(6,7)8/h9-10H,11-13H2,1-8H3,(H,26,27). The lowest BCUT2D eigenvalue weighted by molar-refractivity contribution is -0.139. The van der Waals surface area contributed by atoms with Gasteiger partial charge in [0.05, 0.1) is 31.3 Å². The number of carboxylic acid groups (broad SMARTS) is 1. The Balaban J connectivity index is 2.26. The maximum atomic E-state index is 11.4. The molecule has 2 rings (SSSR count). The summed E-state index contributed by atoms with van der Waals surface area (Å²) in [6, 6.07) is 4.13. The van der Waals surface area contributed by atoms with E-state index in [4.69, 9.17) is 0 Å². The first-order valence-electron chi connectivity index (χ1n) is 9.31. The Labute approximate surface area is 162 Å². The molecule has 0 radical (unpaired) electrons. The molecule has 150 valence electrons. The second kappa shape index (κ2) is 7.46. The van der Waals surface area contributed by atoms with E-state index in [1.165, 1.54) is 0 Å². The highest BCUT2D eigenvalue weighted by Crippen LogP contribution is 2.23. The Hall–Kier alpha value is -2.15. The van der Waals surface area contributed by atoms with Gasteiger partial charge in [-0.1, -0.05) is 41.5 Å². The number of rotatable bonds is 6. The summed E-state index contributed by atoms with van der Waals surface area (Å²) >= 11 is 0. The van der Waals surface area contributed by atoms with E-state index >= 15 is 0 Å². The molecule has 7 heteroatoms. The number of hydrogen-bond donors (Lipinski definition) is 1. The predicted molar refractivity (Wildman–Crippen MR) is 106 cm³/mol. The molecule has 0 aromatic carbocycles. The lowest BCUT2D eigenvalue weighted by Crippen LogP contribution is -2.35. The van der Waals surface area contributed by atoms with Crippen molar-refractivity contribution < 1.29 is 9.90 Å². The largest absolute Gasteiger partial charge is 0.480 e. The first-order valence-corrected chi connectivity index (χ1v) is 9.31. The van der Waals surface area contributed by atoms with E-state index in [-0.39, 0.29) is 17.4 Å².